The summed E-state index contributed by atoms with van der Waals surface area (Å²) in [6.45, 7) is 3.93. The number of amides is 1. The molecule has 128 valence electrons. The van der Waals surface area contributed by atoms with Crippen molar-refractivity contribution >= 4 is 21.6 Å². The SMILES string of the molecule is CCNS(=O)(=O)c1ccc(C(=O)Nc2ccc(C)cc2OC)cc1. The maximum atomic E-state index is 12.3. The van der Waals surface area contributed by atoms with E-state index < -0.39 is 10.0 Å². The van der Waals surface area contributed by atoms with E-state index in [1.54, 1.807) is 13.0 Å². The summed E-state index contributed by atoms with van der Waals surface area (Å²) in [5.74, 6) is 0.222. The first-order valence-corrected chi connectivity index (χ1v) is 8.91. The molecule has 0 aromatic heterocycles. The van der Waals surface area contributed by atoms with Gasteiger partial charge >= 0.3 is 0 Å². The molecule has 0 spiro atoms. The zero-order chi connectivity index (χ0) is 17.7. The van der Waals surface area contributed by atoms with Gasteiger partial charge in [-0.1, -0.05) is 13.0 Å². The summed E-state index contributed by atoms with van der Waals surface area (Å²) in [7, 11) is -2.00. The summed E-state index contributed by atoms with van der Waals surface area (Å²) in [4.78, 5) is 12.4. The van der Waals surface area contributed by atoms with Crippen LogP contribution in [0.3, 0.4) is 0 Å². The third-order valence-corrected chi connectivity index (χ3v) is 4.93. The quantitative estimate of drug-likeness (QED) is 0.840. The predicted octanol–water partition coefficient (Wildman–Crippen LogP) is 2.55. The number of sulfonamides is 1. The fourth-order valence-electron chi connectivity index (χ4n) is 2.16. The van der Waals surface area contributed by atoms with Gasteiger partial charge in [0.2, 0.25) is 10.0 Å². The van der Waals surface area contributed by atoms with Gasteiger partial charge in [-0.2, -0.15) is 0 Å². The van der Waals surface area contributed by atoms with Gasteiger partial charge < -0.3 is 10.1 Å². The lowest BCUT2D eigenvalue weighted by molar-refractivity contribution is 0.102. The highest BCUT2D eigenvalue weighted by Gasteiger charge is 2.14. The number of ether oxygens (including phenoxy) is 1. The zero-order valence-electron chi connectivity index (χ0n) is 13.8. The Kier molecular flexibility index (Phi) is 5.58. The summed E-state index contributed by atoms with van der Waals surface area (Å²) in [5, 5.41) is 2.76. The molecule has 0 aliphatic rings. The molecule has 6 nitrogen and oxygen atoms in total. The molecule has 0 saturated carbocycles. The van der Waals surface area contributed by atoms with Crippen LogP contribution in [-0.4, -0.2) is 28.0 Å². The van der Waals surface area contributed by atoms with Gasteiger partial charge in [0.1, 0.15) is 5.75 Å². The molecule has 2 N–H and O–H groups in total. The Balaban J connectivity index is 2.19. The second-order valence-corrected chi connectivity index (χ2v) is 6.95. The van der Waals surface area contributed by atoms with Crippen LogP contribution in [0.25, 0.3) is 0 Å². The van der Waals surface area contributed by atoms with E-state index in [9.17, 15) is 13.2 Å². The molecule has 0 fully saturated rings. The van der Waals surface area contributed by atoms with Crippen LogP contribution in [0.15, 0.2) is 47.4 Å². The molecule has 0 unspecified atom stereocenters. The molecule has 0 atom stereocenters. The summed E-state index contributed by atoms with van der Waals surface area (Å²) in [5.41, 5.74) is 1.92. The topological polar surface area (TPSA) is 84.5 Å². The van der Waals surface area contributed by atoms with Gasteiger partial charge in [0.25, 0.3) is 5.91 Å². The van der Waals surface area contributed by atoms with E-state index >= 15 is 0 Å². The highest BCUT2D eigenvalue weighted by Crippen LogP contribution is 2.25. The maximum absolute atomic E-state index is 12.3. The molecule has 2 rings (SSSR count). The van der Waals surface area contributed by atoms with E-state index in [4.69, 9.17) is 4.74 Å². The first kappa shape index (κ1) is 18.0. The number of carbonyl (C=O) groups excluding carboxylic acids is 1. The van der Waals surface area contributed by atoms with E-state index in [1.165, 1.54) is 31.4 Å². The van der Waals surface area contributed by atoms with Crippen molar-refractivity contribution in [1.29, 1.82) is 0 Å². The van der Waals surface area contributed by atoms with Crippen LogP contribution in [-0.2, 0) is 10.0 Å². The molecule has 0 aliphatic carbocycles. The number of hydrogen-bond acceptors (Lipinski definition) is 4. The third kappa shape index (κ3) is 4.12. The molecule has 24 heavy (non-hydrogen) atoms. The smallest absolute Gasteiger partial charge is 0.255 e. The summed E-state index contributed by atoms with van der Waals surface area (Å²) in [6, 6.07) is 11.2. The van der Waals surface area contributed by atoms with E-state index in [2.05, 4.69) is 10.0 Å². The van der Waals surface area contributed by atoms with Gasteiger partial charge in [0, 0.05) is 12.1 Å². The first-order chi connectivity index (χ1) is 11.4. The fraction of sp³-hybridized carbons (Fsp3) is 0.235. The molecular formula is C17H20N2O4S. The number of carbonyl (C=O) groups is 1. The minimum atomic E-state index is -3.53. The van der Waals surface area contributed by atoms with Crippen LogP contribution in [0.4, 0.5) is 5.69 Å². The van der Waals surface area contributed by atoms with Gasteiger partial charge in [0.15, 0.2) is 0 Å². The number of rotatable bonds is 6. The molecule has 0 radical (unpaired) electrons. The number of hydrogen-bond donors (Lipinski definition) is 2. The van der Waals surface area contributed by atoms with Crippen molar-refractivity contribution < 1.29 is 17.9 Å². The van der Waals surface area contributed by atoms with Crippen LogP contribution in [0.5, 0.6) is 5.75 Å². The minimum absolute atomic E-state index is 0.119. The molecule has 2 aromatic carbocycles. The standard InChI is InChI=1S/C17H20N2O4S/c1-4-18-24(21,22)14-8-6-13(7-9-14)17(20)19-15-10-5-12(2)11-16(15)23-3/h5-11,18H,4H2,1-3H3,(H,19,20). The average molecular weight is 348 g/mol. The van der Waals surface area contributed by atoms with Crippen LogP contribution < -0.4 is 14.8 Å². The lowest BCUT2D eigenvalue weighted by Gasteiger charge is -2.11. The van der Waals surface area contributed by atoms with Crippen LogP contribution in [0.2, 0.25) is 0 Å². The third-order valence-electron chi connectivity index (χ3n) is 3.37. The Bertz CT molecular complexity index is 830. The number of methoxy groups -OCH3 is 1. The first-order valence-electron chi connectivity index (χ1n) is 7.43. The van der Waals surface area contributed by atoms with Crippen molar-refractivity contribution in [2.45, 2.75) is 18.7 Å². The van der Waals surface area contributed by atoms with E-state index in [-0.39, 0.29) is 10.8 Å². The Morgan fingerprint density at radius 3 is 2.38 bits per heavy atom. The highest BCUT2D eigenvalue weighted by molar-refractivity contribution is 7.89. The molecule has 1 amide bonds. The maximum Gasteiger partial charge on any atom is 0.255 e. The van der Waals surface area contributed by atoms with E-state index in [1.807, 2.05) is 19.1 Å². The van der Waals surface area contributed by atoms with E-state index in [0.29, 0.717) is 23.5 Å². The van der Waals surface area contributed by atoms with Crippen molar-refractivity contribution in [3.63, 3.8) is 0 Å². The second kappa shape index (κ2) is 7.46. The van der Waals surface area contributed by atoms with Gasteiger partial charge in [0.05, 0.1) is 17.7 Å². The van der Waals surface area contributed by atoms with Crippen molar-refractivity contribution in [1.82, 2.24) is 4.72 Å². The average Bonchev–Trinajstić information content (AvgIpc) is 2.56. The van der Waals surface area contributed by atoms with Crippen molar-refractivity contribution in [3.8, 4) is 5.75 Å². The lowest BCUT2D eigenvalue weighted by atomic mass is 10.2. The Morgan fingerprint density at radius 1 is 1.12 bits per heavy atom. The monoisotopic (exact) mass is 348 g/mol. The number of aryl methyl sites for hydroxylation is 1. The summed E-state index contributed by atoms with van der Waals surface area (Å²) >= 11 is 0. The van der Waals surface area contributed by atoms with Gasteiger partial charge in [-0.3, -0.25) is 4.79 Å². The Morgan fingerprint density at radius 2 is 1.79 bits per heavy atom. The van der Waals surface area contributed by atoms with Gasteiger partial charge in [-0.15, -0.1) is 0 Å². The van der Waals surface area contributed by atoms with Crippen molar-refractivity contribution in [2.24, 2.45) is 0 Å². The molecule has 0 aliphatic heterocycles. The minimum Gasteiger partial charge on any atom is -0.495 e. The molecule has 7 heteroatoms. The second-order valence-electron chi connectivity index (χ2n) is 5.18. The summed E-state index contributed by atoms with van der Waals surface area (Å²) < 4.78 is 31.4. The molecule has 0 heterocycles. The van der Waals surface area contributed by atoms with Gasteiger partial charge in [-0.25, -0.2) is 13.1 Å². The fourth-order valence-corrected chi connectivity index (χ4v) is 3.20. The van der Waals surface area contributed by atoms with Crippen LogP contribution in [0, 0.1) is 6.92 Å². The number of nitrogens with one attached hydrogen (secondary N) is 2. The molecule has 2 aromatic rings. The molecular weight excluding hydrogens is 328 g/mol. The normalized spacial score (nSPS) is 11.1. The predicted molar refractivity (Wildman–Crippen MR) is 93.0 cm³/mol. The van der Waals surface area contributed by atoms with Crippen LogP contribution in [0.1, 0.15) is 22.8 Å². The molecule has 0 bridgehead atoms. The zero-order valence-corrected chi connectivity index (χ0v) is 14.6. The molecule has 0 saturated heterocycles. The van der Waals surface area contributed by atoms with Crippen molar-refractivity contribution in [3.05, 3.63) is 53.6 Å². The summed E-state index contributed by atoms with van der Waals surface area (Å²) in [6.07, 6.45) is 0. The number of anilines is 1. The number of benzene rings is 2. The highest BCUT2D eigenvalue weighted by atomic mass is 32.2. The Labute approximate surface area is 141 Å². The Hall–Kier alpha value is -2.38. The van der Waals surface area contributed by atoms with Crippen molar-refractivity contribution in [2.75, 3.05) is 19.0 Å². The lowest BCUT2D eigenvalue weighted by Crippen LogP contribution is -2.23. The van der Waals surface area contributed by atoms with Gasteiger partial charge in [-0.05, 0) is 48.9 Å². The largest absolute Gasteiger partial charge is 0.495 e. The van der Waals surface area contributed by atoms with E-state index in [0.717, 1.165) is 5.56 Å². The van der Waals surface area contributed by atoms with Crippen LogP contribution >= 0.6 is 0 Å².